The number of amides is 1. The average molecular weight is 536 g/mol. The summed E-state index contributed by atoms with van der Waals surface area (Å²) in [4.78, 5) is 17.4. The number of nitrogens with one attached hydrogen (secondary N) is 1. The summed E-state index contributed by atoms with van der Waals surface area (Å²) in [5, 5.41) is 3.10. The maximum absolute atomic E-state index is 12.6. The van der Waals surface area contributed by atoms with E-state index in [4.69, 9.17) is 14.5 Å². The van der Waals surface area contributed by atoms with E-state index in [-0.39, 0.29) is 13.2 Å². The van der Waals surface area contributed by atoms with Crippen molar-refractivity contribution >= 4 is 21.8 Å². The van der Waals surface area contributed by atoms with Crippen LogP contribution in [0.2, 0.25) is 0 Å². The molecule has 1 aliphatic heterocycles. The molecule has 1 fully saturated rings. The summed E-state index contributed by atoms with van der Waals surface area (Å²) < 4.78 is 37.6. The second kappa shape index (κ2) is 9.62. The number of sulfonamides is 1. The Bertz CT molecular complexity index is 1440. The number of fused-ring (bicyclic) bond motifs is 1. The van der Waals surface area contributed by atoms with E-state index in [2.05, 4.69) is 5.32 Å². The van der Waals surface area contributed by atoms with Crippen molar-refractivity contribution in [2.75, 3.05) is 23.7 Å². The third-order valence-corrected chi connectivity index (χ3v) is 8.09. The molecule has 38 heavy (non-hydrogen) atoms. The van der Waals surface area contributed by atoms with Gasteiger partial charge in [0.05, 0.1) is 24.0 Å². The van der Waals surface area contributed by atoms with Gasteiger partial charge in [0.15, 0.2) is 0 Å². The van der Waals surface area contributed by atoms with Gasteiger partial charge in [-0.15, -0.1) is 0 Å². The molecule has 200 valence electrons. The van der Waals surface area contributed by atoms with Crippen molar-refractivity contribution in [2.24, 2.45) is 0 Å². The average Bonchev–Trinajstić information content (AvgIpc) is 2.84. The summed E-state index contributed by atoms with van der Waals surface area (Å²) in [7, 11) is -3.49. The number of hydrogen-bond donors (Lipinski definition) is 1. The highest BCUT2D eigenvalue weighted by atomic mass is 32.2. The Kier molecular flexibility index (Phi) is 6.59. The number of carbonyl (C=O) groups excluding carboxylic acids is 1. The van der Waals surface area contributed by atoms with Crippen LogP contribution in [0.4, 0.5) is 10.5 Å². The minimum absolute atomic E-state index is 0.231. The second-order valence-electron chi connectivity index (χ2n) is 10.9. The molecule has 1 N–H and O–H groups in total. The van der Waals surface area contributed by atoms with Gasteiger partial charge in [0.25, 0.3) is 0 Å². The fourth-order valence-corrected chi connectivity index (χ4v) is 5.88. The lowest BCUT2D eigenvalue weighted by molar-refractivity contribution is 0.0377. The molecule has 1 amide bonds. The van der Waals surface area contributed by atoms with Crippen LogP contribution in [0.1, 0.15) is 45.6 Å². The normalized spacial score (nSPS) is 16.6. The van der Waals surface area contributed by atoms with Crippen LogP contribution in [0.5, 0.6) is 5.88 Å². The molecule has 0 saturated heterocycles. The van der Waals surface area contributed by atoms with E-state index in [9.17, 15) is 13.2 Å². The highest BCUT2D eigenvalue weighted by Gasteiger charge is 2.41. The standard InChI is InChI=1S/C29H33N3O5S/c1-28(2,3)37-27(33)31-29(15-8-16-29)22-13-11-21(12-14-22)25-23(20-9-6-5-7-10-20)19-24-26(30-25)36-18-17-32(24)38(4,34)35/h5-7,9-14,19H,8,15-18H2,1-4H3,(H,31,33). The highest BCUT2D eigenvalue weighted by Crippen LogP contribution is 2.44. The van der Waals surface area contributed by atoms with Gasteiger partial charge >= 0.3 is 6.09 Å². The molecule has 8 nitrogen and oxygen atoms in total. The minimum atomic E-state index is -3.49. The number of rotatable bonds is 5. The summed E-state index contributed by atoms with van der Waals surface area (Å²) in [5.74, 6) is 0.294. The van der Waals surface area contributed by atoms with Crippen LogP contribution in [0.25, 0.3) is 22.4 Å². The predicted octanol–water partition coefficient (Wildman–Crippen LogP) is 5.48. The second-order valence-corrected chi connectivity index (χ2v) is 12.8. The zero-order valence-corrected chi connectivity index (χ0v) is 23.0. The van der Waals surface area contributed by atoms with E-state index >= 15 is 0 Å². The molecular weight excluding hydrogens is 502 g/mol. The summed E-state index contributed by atoms with van der Waals surface area (Å²) in [6.45, 7) is 6.02. The van der Waals surface area contributed by atoms with E-state index in [1.165, 1.54) is 10.6 Å². The number of anilines is 1. The van der Waals surface area contributed by atoms with Gasteiger partial charge in [-0.2, -0.15) is 0 Å². The number of carbonyl (C=O) groups is 1. The molecule has 2 aromatic carbocycles. The van der Waals surface area contributed by atoms with Crippen LogP contribution in [0.3, 0.4) is 0 Å². The molecule has 5 rings (SSSR count). The molecular formula is C29H33N3O5S. The number of hydrogen-bond acceptors (Lipinski definition) is 6. The molecule has 2 heterocycles. The SMILES string of the molecule is CC(C)(C)OC(=O)NC1(c2ccc(-c3nc4c(cc3-c3ccccc3)N(S(C)(=O)=O)CCO4)cc2)CCC1. The highest BCUT2D eigenvalue weighted by molar-refractivity contribution is 7.92. The van der Waals surface area contributed by atoms with Gasteiger partial charge in [-0.25, -0.2) is 18.2 Å². The molecule has 0 spiro atoms. The Hall–Kier alpha value is -3.59. The van der Waals surface area contributed by atoms with E-state index in [1.54, 1.807) is 0 Å². The maximum atomic E-state index is 12.6. The lowest BCUT2D eigenvalue weighted by Crippen LogP contribution is -2.52. The van der Waals surface area contributed by atoms with Gasteiger partial charge in [-0.1, -0.05) is 54.6 Å². The summed E-state index contributed by atoms with van der Waals surface area (Å²) in [6, 6.07) is 19.6. The van der Waals surface area contributed by atoms with Crippen LogP contribution >= 0.6 is 0 Å². The molecule has 0 atom stereocenters. The van der Waals surface area contributed by atoms with Gasteiger partial charge in [-0.3, -0.25) is 4.31 Å². The van der Waals surface area contributed by atoms with Gasteiger partial charge in [-0.05, 0) is 57.2 Å². The summed E-state index contributed by atoms with van der Waals surface area (Å²) >= 11 is 0. The zero-order valence-electron chi connectivity index (χ0n) is 22.2. The third-order valence-electron chi connectivity index (χ3n) is 6.91. The predicted molar refractivity (Wildman–Crippen MR) is 148 cm³/mol. The maximum Gasteiger partial charge on any atom is 0.408 e. The number of alkyl carbamates (subject to hydrolysis) is 1. The van der Waals surface area contributed by atoms with Crippen molar-refractivity contribution < 1.29 is 22.7 Å². The zero-order chi connectivity index (χ0) is 27.1. The van der Waals surface area contributed by atoms with Crippen molar-refractivity contribution in [3.05, 3.63) is 66.2 Å². The topological polar surface area (TPSA) is 97.8 Å². The largest absolute Gasteiger partial charge is 0.474 e. The van der Waals surface area contributed by atoms with Gasteiger partial charge in [0, 0.05) is 11.1 Å². The Morgan fingerprint density at radius 2 is 1.74 bits per heavy atom. The van der Waals surface area contributed by atoms with E-state index in [0.717, 1.165) is 41.5 Å². The van der Waals surface area contributed by atoms with Crippen LogP contribution in [-0.4, -0.2) is 44.5 Å². The van der Waals surface area contributed by atoms with Gasteiger partial charge < -0.3 is 14.8 Å². The summed E-state index contributed by atoms with van der Waals surface area (Å²) in [6.07, 6.45) is 3.48. The van der Waals surface area contributed by atoms with Crippen LogP contribution < -0.4 is 14.4 Å². The van der Waals surface area contributed by atoms with Crippen LogP contribution in [0, 0.1) is 0 Å². The summed E-state index contributed by atoms with van der Waals surface area (Å²) in [5.41, 5.74) is 3.71. The Morgan fingerprint density at radius 3 is 2.32 bits per heavy atom. The molecule has 2 aliphatic rings. The minimum Gasteiger partial charge on any atom is -0.474 e. The van der Waals surface area contributed by atoms with Gasteiger partial charge in [0.2, 0.25) is 15.9 Å². The van der Waals surface area contributed by atoms with E-state index < -0.39 is 27.3 Å². The van der Waals surface area contributed by atoms with E-state index in [0.29, 0.717) is 17.3 Å². The molecule has 1 aromatic heterocycles. The van der Waals surface area contributed by atoms with Crippen molar-refractivity contribution in [2.45, 2.75) is 51.2 Å². The number of pyridine rings is 1. The number of aromatic nitrogens is 1. The Morgan fingerprint density at radius 1 is 1.05 bits per heavy atom. The number of ether oxygens (including phenoxy) is 2. The first-order chi connectivity index (χ1) is 18.0. The van der Waals surface area contributed by atoms with Crippen molar-refractivity contribution in [3.63, 3.8) is 0 Å². The quantitative estimate of drug-likeness (QED) is 0.465. The first kappa shape index (κ1) is 26.0. The molecule has 3 aromatic rings. The van der Waals surface area contributed by atoms with Crippen LogP contribution in [0.15, 0.2) is 60.7 Å². The molecule has 0 bridgehead atoms. The third kappa shape index (κ3) is 5.20. The van der Waals surface area contributed by atoms with Crippen molar-refractivity contribution in [1.82, 2.24) is 10.3 Å². The monoisotopic (exact) mass is 535 g/mol. The fraction of sp³-hybridized carbons (Fsp3) is 0.379. The van der Waals surface area contributed by atoms with Crippen molar-refractivity contribution in [1.29, 1.82) is 0 Å². The number of nitrogens with zero attached hydrogens (tertiary/aromatic N) is 2. The Labute approximate surface area is 224 Å². The smallest absolute Gasteiger partial charge is 0.408 e. The molecule has 9 heteroatoms. The lowest BCUT2D eigenvalue weighted by atomic mass is 9.71. The Balaban J connectivity index is 1.54. The fourth-order valence-electron chi connectivity index (χ4n) is 4.98. The van der Waals surface area contributed by atoms with E-state index in [1.807, 2.05) is 81.4 Å². The van der Waals surface area contributed by atoms with Gasteiger partial charge in [0.1, 0.15) is 17.9 Å². The molecule has 1 saturated carbocycles. The van der Waals surface area contributed by atoms with Crippen molar-refractivity contribution in [3.8, 4) is 28.3 Å². The molecule has 0 radical (unpaired) electrons. The van der Waals surface area contributed by atoms with Crippen LogP contribution in [-0.2, 0) is 20.3 Å². The number of benzene rings is 2. The molecule has 0 unspecified atom stereocenters. The first-order valence-electron chi connectivity index (χ1n) is 12.8. The first-order valence-corrected chi connectivity index (χ1v) is 14.6. The molecule has 1 aliphatic carbocycles. The lowest BCUT2D eigenvalue weighted by Gasteiger charge is -2.43.